The zero-order valence-corrected chi connectivity index (χ0v) is 12.5. The normalized spacial score (nSPS) is 18.3. The Balaban J connectivity index is 2.15. The summed E-state index contributed by atoms with van der Waals surface area (Å²) in [7, 11) is 0. The maximum absolute atomic E-state index is 3.60. The van der Waals surface area contributed by atoms with Gasteiger partial charge in [-0.3, -0.25) is 4.31 Å². The van der Waals surface area contributed by atoms with Crippen LogP contribution in [0.25, 0.3) is 11.4 Å². The molecule has 2 aromatic rings. The molecule has 1 atom stereocenters. The van der Waals surface area contributed by atoms with Gasteiger partial charge in [0.1, 0.15) is 6.17 Å². The van der Waals surface area contributed by atoms with Crippen LogP contribution in [0.4, 0.5) is 0 Å². The van der Waals surface area contributed by atoms with Gasteiger partial charge in [0.15, 0.2) is 0 Å². The van der Waals surface area contributed by atoms with Crippen molar-refractivity contribution in [1.82, 2.24) is 9.62 Å². The van der Waals surface area contributed by atoms with Gasteiger partial charge in [-0.1, -0.05) is 72.6 Å². The summed E-state index contributed by atoms with van der Waals surface area (Å²) in [6.07, 6.45) is 2.41. The Kier molecular flexibility index (Phi) is 3.70. The molecular formula is C17H18N2S. The molecule has 102 valence electrons. The lowest BCUT2D eigenvalue weighted by molar-refractivity contribution is 0.490. The van der Waals surface area contributed by atoms with Crippen molar-refractivity contribution >= 4 is 23.3 Å². The monoisotopic (exact) mass is 282 g/mol. The average molecular weight is 282 g/mol. The largest absolute Gasteiger partial charge is 0.362 e. The third-order valence-corrected chi connectivity index (χ3v) is 4.36. The highest BCUT2D eigenvalue weighted by Crippen LogP contribution is 2.37. The Morgan fingerprint density at radius 1 is 0.900 bits per heavy atom. The average Bonchev–Trinajstić information content (AvgIpc) is 2.85. The first-order valence-corrected chi connectivity index (χ1v) is 7.94. The van der Waals surface area contributed by atoms with Crippen molar-refractivity contribution < 1.29 is 0 Å². The first-order chi connectivity index (χ1) is 9.81. The third kappa shape index (κ3) is 2.29. The Morgan fingerprint density at radius 3 is 2.00 bits per heavy atom. The summed E-state index contributed by atoms with van der Waals surface area (Å²) in [6.45, 7) is 2.19. The second-order valence-electron chi connectivity index (χ2n) is 4.78. The summed E-state index contributed by atoms with van der Waals surface area (Å²) >= 11 is 1.75. The van der Waals surface area contributed by atoms with E-state index in [0.29, 0.717) is 0 Å². The lowest BCUT2D eigenvalue weighted by Crippen LogP contribution is -2.29. The van der Waals surface area contributed by atoms with Gasteiger partial charge in [0.05, 0.1) is 11.4 Å². The number of hydrogen-bond acceptors (Lipinski definition) is 3. The molecule has 0 saturated heterocycles. The maximum atomic E-state index is 3.60. The highest BCUT2D eigenvalue weighted by Gasteiger charge is 2.29. The predicted molar refractivity (Wildman–Crippen MR) is 87.6 cm³/mol. The number of nitrogens with zero attached hydrogens (tertiary/aromatic N) is 1. The fourth-order valence-corrected chi connectivity index (χ4v) is 3.33. The van der Waals surface area contributed by atoms with Crippen LogP contribution in [0.2, 0.25) is 0 Å². The van der Waals surface area contributed by atoms with Crippen molar-refractivity contribution in [1.29, 1.82) is 0 Å². The zero-order valence-electron chi connectivity index (χ0n) is 11.7. The summed E-state index contributed by atoms with van der Waals surface area (Å²) in [5, 5.41) is 3.60. The molecule has 0 saturated carbocycles. The SMILES string of the molecule is CSN1C(c2ccccc2)=C(c2ccccc2)NC1C. The van der Waals surface area contributed by atoms with E-state index in [0.717, 1.165) is 0 Å². The molecule has 3 rings (SSSR count). The molecule has 0 bridgehead atoms. The molecule has 0 aliphatic carbocycles. The van der Waals surface area contributed by atoms with Gasteiger partial charge in [0.2, 0.25) is 0 Å². The molecule has 2 aromatic carbocycles. The zero-order chi connectivity index (χ0) is 13.9. The molecular weight excluding hydrogens is 264 g/mol. The summed E-state index contributed by atoms with van der Waals surface area (Å²) < 4.78 is 2.33. The third-order valence-electron chi connectivity index (χ3n) is 3.47. The predicted octanol–water partition coefficient (Wildman–Crippen LogP) is 4.04. The van der Waals surface area contributed by atoms with E-state index >= 15 is 0 Å². The molecule has 1 aliphatic rings. The Morgan fingerprint density at radius 2 is 1.45 bits per heavy atom. The van der Waals surface area contributed by atoms with Crippen molar-refractivity contribution in [2.45, 2.75) is 13.1 Å². The van der Waals surface area contributed by atoms with E-state index in [1.165, 1.54) is 22.5 Å². The first kappa shape index (κ1) is 13.1. The van der Waals surface area contributed by atoms with Gasteiger partial charge in [0, 0.05) is 11.8 Å². The molecule has 0 aromatic heterocycles. The van der Waals surface area contributed by atoms with Gasteiger partial charge < -0.3 is 5.32 Å². The molecule has 1 aliphatic heterocycles. The molecule has 1 unspecified atom stereocenters. The van der Waals surface area contributed by atoms with Crippen LogP contribution in [-0.4, -0.2) is 16.7 Å². The molecule has 1 heterocycles. The van der Waals surface area contributed by atoms with Crippen molar-refractivity contribution in [2.24, 2.45) is 0 Å². The van der Waals surface area contributed by atoms with E-state index in [9.17, 15) is 0 Å². The molecule has 20 heavy (non-hydrogen) atoms. The van der Waals surface area contributed by atoms with Crippen LogP contribution in [0.5, 0.6) is 0 Å². The molecule has 0 amide bonds. The highest BCUT2D eigenvalue weighted by molar-refractivity contribution is 7.96. The minimum Gasteiger partial charge on any atom is -0.362 e. The van der Waals surface area contributed by atoms with E-state index in [-0.39, 0.29) is 6.17 Å². The molecule has 3 heteroatoms. The number of rotatable bonds is 3. The van der Waals surface area contributed by atoms with Crippen molar-refractivity contribution in [2.75, 3.05) is 6.26 Å². The first-order valence-electron chi connectivity index (χ1n) is 6.76. The Labute approximate surface area is 124 Å². The van der Waals surface area contributed by atoms with Crippen molar-refractivity contribution in [3.05, 3.63) is 71.8 Å². The van der Waals surface area contributed by atoms with Crippen LogP contribution in [0.1, 0.15) is 18.1 Å². The van der Waals surface area contributed by atoms with Crippen molar-refractivity contribution in [3.63, 3.8) is 0 Å². The summed E-state index contributed by atoms with van der Waals surface area (Å²) in [6, 6.07) is 21.1. The smallest absolute Gasteiger partial charge is 0.107 e. The highest BCUT2D eigenvalue weighted by atomic mass is 32.2. The van der Waals surface area contributed by atoms with Crippen LogP contribution < -0.4 is 5.32 Å². The Hall–Kier alpha value is -1.87. The van der Waals surface area contributed by atoms with Crippen LogP contribution in [0.15, 0.2) is 60.7 Å². The van der Waals surface area contributed by atoms with Crippen molar-refractivity contribution in [3.8, 4) is 0 Å². The molecule has 1 N–H and O–H groups in total. The van der Waals surface area contributed by atoms with Gasteiger partial charge in [-0.05, 0) is 12.5 Å². The van der Waals surface area contributed by atoms with E-state index < -0.39 is 0 Å². The summed E-state index contributed by atoms with van der Waals surface area (Å²) in [5.74, 6) is 0. The number of nitrogens with one attached hydrogen (secondary N) is 1. The summed E-state index contributed by atoms with van der Waals surface area (Å²) in [5.41, 5.74) is 4.95. The molecule has 0 radical (unpaired) electrons. The molecule has 0 spiro atoms. The second-order valence-corrected chi connectivity index (χ2v) is 5.54. The number of hydrogen-bond donors (Lipinski definition) is 1. The van der Waals surface area contributed by atoms with E-state index in [1.807, 2.05) is 0 Å². The second kappa shape index (κ2) is 5.63. The number of benzene rings is 2. The fourth-order valence-electron chi connectivity index (χ4n) is 2.58. The lowest BCUT2D eigenvalue weighted by Gasteiger charge is -2.23. The van der Waals surface area contributed by atoms with Crippen LogP contribution in [0.3, 0.4) is 0 Å². The van der Waals surface area contributed by atoms with Gasteiger partial charge in [-0.2, -0.15) is 0 Å². The van der Waals surface area contributed by atoms with Gasteiger partial charge >= 0.3 is 0 Å². The minimum atomic E-state index is 0.287. The lowest BCUT2D eigenvalue weighted by atomic mass is 10.1. The van der Waals surface area contributed by atoms with Gasteiger partial charge in [0.25, 0.3) is 0 Å². The van der Waals surface area contributed by atoms with Gasteiger partial charge in [-0.25, -0.2) is 0 Å². The quantitative estimate of drug-likeness (QED) is 0.855. The van der Waals surface area contributed by atoms with Crippen LogP contribution >= 0.6 is 11.9 Å². The fraction of sp³-hybridized carbons (Fsp3) is 0.176. The van der Waals surface area contributed by atoms with Gasteiger partial charge in [-0.15, -0.1) is 0 Å². The standard InChI is InChI=1S/C17H18N2S/c1-13-18-16(14-9-5-3-6-10-14)17(19(13)20-2)15-11-7-4-8-12-15/h3-13,18H,1-2H3. The van der Waals surface area contributed by atoms with E-state index in [2.05, 4.69) is 83.5 Å². The molecule has 0 fully saturated rings. The molecule has 2 nitrogen and oxygen atoms in total. The maximum Gasteiger partial charge on any atom is 0.107 e. The topological polar surface area (TPSA) is 15.3 Å². The van der Waals surface area contributed by atoms with Crippen LogP contribution in [-0.2, 0) is 0 Å². The minimum absolute atomic E-state index is 0.287. The van der Waals surface area contributed by atoms with E-state index in [4.69, 9.17) is 0 Å². The Bertz CT molecular complexity index is 607. The summed E-state index contributed by atoms with van der Waals surface area (Å²) in [4.78, 5) is 0. The van der Waals surface area contributed by atoms with Crippen LogP contribution in [0, 0.1) is 0 Å². The van der Waals surface area contributed by atoms with E-state index in [1.54, 1.807) is 11.9 Å².